The minimum Gasteiger partial charge on any atom is -0.489 e. The average molecular weight is 400 g/mol. The molecule has 29 heavy (non-hydrogen) atoms. The largest absolute Gasteiger partial charge is 0.489 e. The smallest absolute Gasteiger partial charge is 0.309 e. The summed E-state index contributed by atoms with van der Waals surface area (Å²) in [6.07, 6.45) is 7.38. The fourth-order valence-electron chi connectivity index (χ4n) is 4.01. The summed E-state index contributed by atoms with van der Waals surface area (Å²) in [6.45, 7) is 7.92. The molecule has 0 radical (unpaired) electrons. The van der Waals surface area contributed by atoms with E-state index in [4.69, 9.17) is 14.5 Å². The van der Waals surface area contributed by atoms with Crippen LogP contribution in [0.3, 0.4) is 0 Å². The Balaban J connectivity index is 1.70. The second-order valence-electron chi connectivity index (χ2n) is 8.25. The standard InChI is InChI=1S/C23H33N3O3/c1-6-8-21-19(14-24-26(21)5)20-11-12-22(16(4)25-20)29-18-10-7-9-17(13-18)23(27)28-15(2)3/h11-12,14-15,17-18H,6-10,13H2,1-5H3/t17-,18-/m0/s1. The van der Waals surface area contributed by atoms with Crippen LogP contribution in [0, 0.1) is 12.8 Å². The van der Waals surface area contributed by atoms with Gasteiger partial charge in [-0.15, -0.1) is 0 Å². The molecule has 2 aromatic rings. The molecule has 0 bridgehead atoms. The van der Waals surface area contributed by atoms with Gasteiger partial charge >= 0.3 is 5.97 Å². The quantitative estimate of drug-likeness (QED) is 0.635. The molecular weight excluding hydrogens is 366 g/mol. The van der Waals surface area contributed by atoms with Crippen molar-refractivity contribution in [2.45, 2.75) is 78.4 Å². The highest BCUT2D eigenvalue weighted by atomic mass is 16.5. The van der Waals surface area contributed by atoms with Crippen LogP contribution in [0.4, 0.5) is 0 Å². The van der Waals surface area contributed by atoms with Crippen LogP contribution in [0.25, 0.3) is 11.3 Å². The molecule has 1 aliphatic rings. The lowest BCUT2D eigenvalue weighted by molar-refractivity contribution is -0.154. The van der Waals surface area contributed by atoms with Crippen LogP contribution in [0.15, 0.2) is 18.3 Å². The van der Waals surface area contributed by atoms with Gasteiger partial charge in [0.2, 0.25) is 0 Å². The van der Waals surface area contributed by atoms with Crippen LogP contribution >= 0.6 is 0 Å². The first-order valence-electron chi connectivity index (χ1n) is 10.7. The van der Waals surface area contributed by atoms with Crippen LogP contribution in [0.2, 0.25) is 0 Å². The highest BCUT2D eigenvalue weighted by molar-refractivity contribution is 5.72. The van der Waals surface area contributed by atoms with Crippen LogP contribution in [0.5, 0.6) is 5.75 Å². The van der Waals surface area contributed by atoms with Crippen LogP contribution in [-0.2, 0) is 23.0 Å². The molecule has 2 atom stereocenters. The van der Waals surface area contributed by atoms with Crippen LogP contribution in [-0.4, -0.2) is 32.9 Å². The molecule has 6 nitrogen and oxygen atoms in total. The molecule has 2 heterocycles. The molecule has 0 aromatic carbocycles. The Labute approximate surface area is 173 Å². The molecule has 0 saturated heterocycles. The summed E-state index contributed by atoms with van der Waals surface area (Å²) in [5.74, 6) is 0.617. The number of pyridine rings is 1. The Bertz CT molecular complexity index is 844. The van der Waals surface area contributed by atoms with E-state index in [2.05, 4.69) is 12.0 Å². The SMILES string of the molecule is CCCc1c(-c2ccc(O[C@H]3CCC[C@H](C(=O)OC(C)C)C3)c(C)n2)cnn1C. The van der Waals surface area contributed by atoms with Gasteiger partial charge in [0.15, 0.2) is 0 Å². The number of esters is 1. The molecule has 0 aliphatic heterocycles. The molecular formula is C23H33N3O3. The lowest BCUT2D eigenvalue weighted by Crippen LogP contribution is -2.31. The molecule has 0 N–H and O–H groups in total. The second kappa shape index (κ2) is 9.42. The number of carbonyl (C=O) groups excluding carboxylic acids is 1. The predicted octanol–water partition coefficient (Wildman–Crippen LogP) is 4.63. The lowest BCUT2D eigenvalue weighted by atomic mass is 9.87. The fraction of sp³-hybridized carbons (Fsp3) is 0.609. The van der Waals surface area contributed by atoms with E-state index in [0.29, 0.717) is 6.42 Å². The Hall–Kier alpha value is -2.37. The number of ether oxygens (including phenoxy) is 2. The third-order valence-electron chi connectivity index (χ3n) is 5.47. The van der Waals surface area contributed by atoms with Gasteiger partial charge in [0.1, 0.15) is 5.75 Å². The van der Waals surface area contributed by atoms with Crippen molar-refractivity contribution in [2.24, 2.45) is 13.0 Å². The van der Waals surface area contributed by atoms with Crippen molar-refractivity contribution >= 4 is 5.97 Å². The highest BCUT2D eigenvalue weighted by Gasteiger charge is 2.30. The van der Waals surface area contributed by atoms with Crippen molar-refractivity contribution in [3.8, 4) is 17.0 Å². The third kappa shape index (κ3) is 5.17. The van der Waals surface area contributed by atoms with Crippen molar-refractivity contribution < 1.29 is 14.3 Å². The maximum absolute atomic E-state index is 12.3. The number of carbonyl (C=O) groups is 1. The van der Waals surface area contributed by atoms with Crippen LogP contribution in [0.1, 0.15) is 64.3 Å². The maximum atomic E-state index is 12.3. The fourth-order valence-corrected chi connectivity index (χ4v) is 4.01. The predicted molar refractivity (Wildman–Crippen MR) is 113 cm³/mol. The van der Waals surface area contributed by atoms with Crippen molar-refractivity contribution in [2.75, 3.05) is 0 Å². The summed E-state index contributed by atoms with van der Waals surface area (Å²) >= 11 is 0. The number of hydrogen-bond donors (Lipinski definition) is 0. The Kier molecular flexibility index (Phi) is 6.93. The van der Waals surface area contributed by atoms with Gasteiger partial charge in [0.05, 0.1) is 35.7 Å². The van der Waals surface area contributed by atoms with Gasteiger partial charge in [0.25, 0.3) is 0 Å². The minimum absolute atomic E-state index is 0.0221. The summed E-state index contributed by atoms with van der Waals surface area (Å²) in [5, 5.41) is 4.40. The minimum atomic E-state index is -0.0986. The van der Waals surface area contributed by atoms with Gasteiger partial charge in [-0.25, -0.2) is 4.98 Å². The zero-order valence-electron chi connectivity index (χ0n) is 18.3. The van der Waals surface area contributed by atoms with Gasteiger partial charge in [-0.3, -0.25) is 9.48 Å². The number of aryl methyl sites for hydroxylation is 2. The summed E-state index contributed by atoms with van der Waals surface area (Å²) in [5.41, 5.74) is 4.07. The van der Waals surface area contributed by atoms with E-state index in [-0.39, 0.29) is 24.1 Å². The zero-order chi connectivity index (χ0) is 21.0. The van der Waals surface area contributed by atoms with Crippen molar-refractivity contribution in [3.63, 3.8) is 0 Å². The average Bonchev–Trinajstić information content (AvgIpc) is 3.04. The van der Waals surface area contributed by atoms with E-state index in [9.17, 15) is 4.79 Å². The molecule has 2 aromatic heterocycles. The molecule has 0 spiro atoms. The molecule has 3 rings (SSSR count). The monoisotopic (exact) mass is 399 g/mol. The van der Waals surface area contributed by atoms with Crippen molar-refractivity contribution in [1.82, 2.24) is 14.8 Å². The van der Waals surface area contributed by atoms with Crippen molar-refractivity contribution in [1.29, 1.82) is 0 Å². The van der Waals surface area contributed by atoms with E-state index >= 15 is 0 Å². The summed E-state index contributed by atoms with van der Waals surface area (Å²) < 4.78 is 13.6. The van der Waals surface area contributed by atoms with E-state index in [0.717, 1.165) is 54.8 Å². The molecule has 0 amide bonds. The molecule has 1 fully saturated rings. The zero-order valence-corrected chi connectivity index (χ0v) is 18.3. The second-order valence-corrected chi connectivity index (χ2v) is 8.25. The van der Waals surface area contributed by atoms with E-state index in [1.54, 1.807) is 0 Å². The molecule has 0 unspecified atom stereocenters. The van der Waals surface area contributed by atoms with Gasteiger partial charge < -0.3 is 9.47 Å². The molecule has 1 saturated carbocycles. The number of nitrogens with zero attached hydrogens (tertiary/aromatic N) is 3. The first-order chi connectivity index (χ1) is 13.9. The Morgan fingerprint density at radius 1 is 1.31 bits per heavy atom. The third-order valence-corrected chi connectivity index (χ3v) is 5.47. The summed E-state index contributed by atoms with van der Waals surface area (Å²) in [4.78, 5) is 17.1. The topological polar surface area (TPSA) is 66.2 Å². The van der Waals surface area contributed by atoms with Crippen LogP contribution < -0.4 is 4.74 Å². The molecule has 1 aliphatic carbocycles. The van der Waals surface area contributed by atoms with E-state index in [1.807, 2.05) is 50.8 Å². The highest BCUT2D eigenvalue weighted by Crippen LogP contribution is 2.31. The molecule has 6 heteroatoms. The van der Waals surface area contributed by atoms with Crippen molar-refractivity contribution in [3.05, 3.63) is 29.7 Å². The molecule has 158 valence electrons. The van der Waals surface area contributed by atoms with Gasteiger partial charge in [0, 0.05) is 18.3 Å². The van der Waals surface area contributed by atoms with E-state index < -0.39 is 0 Å². The lowest BCUT2D eigenvalue weighted by Gasteiger charge is -2.29. The van der Waals surface area contributed by atoms with Gasteiger partial charge in [-0.1, -0.05) is 13.3 Å². The first-order valence-corrected chi connectivity index (χ1v) is 10.7. The normalized spacial score (nSPS) is 19.4. The number of aromatic nitrogens is 3. The number of rotatable bonds is 7. The first kappa shape index (κ1) is 21.3. The summed E-state index contributed by atoms with van der Waals surface area (Å²) in [6, 6.07) is 4.00. The maximum Gasteiger partial charge on any atom is 0.309 e. The van der Waals surface area contributed by atoms with E-state index in [1.165, 1.54) is 5.69 Å². The van der Waals surface area contributed by atoms with Gasteiger partial charge in [-0.05, 0) is 65.0 Å². The van der Waals surface area contributed by atoms with Gasteiger partial charge in [-0.2, -0.15) is 5.10 Å². The Morgan fingerprint density at radius 3 is 2.79 bits per heavy atom. The Morgan fingerprint density at radius 2 is 2.10 bits per heavy atom. The number of hydrogen-bond acceptors (Lipinski definition) is 5. The summed E-state index contributed by atoms with van der Waals surface area (Å²) in [7, 11) is 1.97.